The number of hydrogen-bond donors (Lipinski definition) is 1. The van der Waals surface area contributed by atoms with Crippen LogP contribution in [0.3, 0.4) is 0 Å². The molecule has 1 heterocycles. The second kappa shape index (κ2) is 4.59. The zero-order valence-corrected chi connectivity index (χ0v) is 10.3. The SMILES string of the molecule is Fc1ccc(-c2cc(CNC3CC3)cs2)cc1. The fourth-order valence-corrected chi connectivity index (χ4v) is 2.70. The zero-order valence-electron chi connectivity index (χ0n) is 9.45. The monoisotopic (exact) mass is 247 g/mol. The molecule has 3 rings (SSSR count). The van der Waals surface area contributed by atoms with Crippen molar-refractivity contribution in [1.82, 2.24) is 5.32 Å². The van der Waals surface area contributed by atoms with Crippen molar-refractivity contribution < 1.29 is 4.39 Å². The second-order valence-corrected chi connectivity index (χ2v) is 5.39. The van der Waals surface area contributed by atoms with Crippen LogP contribution in [0.15, 0.2) is 35.7 Å². The molecule has 0 radical (unpaired) electrons. The van der Waals surface area contributed by atoms with E-state index < -0.39 is 0 Å². The average molecular weight is 247 g/mol. The molecule has 1 N–H and O–H groups in total. The van der Waals surface area contributed by atoms with Crippen LogP contribution in [0.25, 0.3) is 10.4 Å². The molecule has 1 saturated carbocycles. The number of rotatable bonds is 4. The van der Waals surface area contributed by atoms with Crippen LogP contribution >= 0.6 is 11.3 Å². The van der Waals surface area contributed by atoms with Crippen molar-refractivity contribution in [3.8, 4) is 10.4 Å². The predicted octanol–water partition coefficient (Wildman–Crippen LogP) is 3.81. The van der Waals surface area contributed by atoms with Gasteiger partial charge in [-0.05, 0) is 47.5 Å². The van der Waals surface area contributed by atoms with Gasteiger partial charge in [0.05, 0.1) is 0 Å². The summed E-state index contributed by atoms with van der Waals surface area (Å²) in [5.74, 6) is -0.180. The highest BCUT2D eigenvalue weighted by molar-refractivity contribution is 7.13. The van der Waals surface area contributed by atoms with E-state index in [1.807, 2.05) is 12.1 Å². The van der Waals surface area contributed by atoms with E-state index in [1.165, 1.54) is 35.4 Å². The molecule has 0 saturated heterocycles. The van der Waals surface area contributed by atoms with Crippen molar-refractivity contribution in [2.75, 3.05) is 0 Å². The molecular formula is C14H14FNS. The number of thiophene rings is 1. The molecule has 0 amide bonds. The molecule has 1 aliphatic rings. The molecule has 17 heavy (non-hydrogen) atoms. The number of halogens is 1. The molecule has 1 fully saturated rings. The number of hydrogen-bond acceptors (Lipinski definition) is 2. The van der Waals surface area contributed by atoms with Crippen molar-refractivity contribution in [2.45, 2.75) is 25.4 Å². The van der Waals surface area contributed by atoms with E-state index in [-0.39, 0.29) is 5.82 Å². The molecule has 88 valence electrons. The first-order valence-electron chi connectivity index (χ1n) is 5.88. The minimum Gasteiger partial charge on any atom is -0.310 e. The molecule has 1 nitrogen and oxygen atoms in total. The summed E-state index contributed by atoms with van der Waals surface area (Å²) in [7, 11) is 0. The molecule has 0 aliphatic heterocycles. The van der Waals surface area contributed by atoms with Crippen molar-refractivity contribution in [3.63, 3.8) is 0 Å². The van der Waals surface area contributed by atoms with E-state index in [1.54, 1.807) is 11.3 Å². The van der Waals surface area contributed by atoms with E-state index >= 15 is 0 Å². The van der Waals surface area contributed by atoms with Crippen LogP contribution in [0.1, 0.15) is 18.4 Å². The minimum atomic E-state index is -0.180. The maximum atomic E-state index is 12.8. The van der Waals surface area contributed by atoms with Gasteiger partial charge in [-0.15, -0.1) is 11.3 Å². The second-order valence-electron chi connectivity index (χ2n) is 4.48. The molecule has 0 bridgehead atoms. The third-order valence-electron chi connectivity index (χ3n) is 2.95. The summed E-state index contributed by atoms with van der Waals surface area (Å²) in [6.07, 6.45) is 2.63. The smallest absolute Gasteiger partial charge is 0.123 e. The fraction of sp³-hybridized carbons (Fsp3) is 0.286. The van der Waals surface area contributed by atoms with E-state index in [0.29, 0.717) is 0 Å². The topological polar surface area (TPSA) is 12.0 Å². The normalized spacial score (nSPS) is 15.1. The molecular weight excluding hydrogens is 233 g/mol. The van der Waals surface area contributed by atoms with Gasteiger partial charge in [-0.25, -0.2) is 4.39 Å². The van der Waals surface area contributed by atoms with Crippen LogP contribution in [0.4, 0.5) is 4.39 Å². The highest BCUT2D eigenvalue weighted by Gasteiger charge is 2.20. The predicted molar refractivity (Wildman–Crippen MR) is 69.6 cm³/mol. The minimum absolute atomic E-state index is 0.180. The highest BCUT2D eigenvalue weighted by Crippen LogP contribution is 2.28. The van der Waals surface area contributed by atoms with E-state index in [2.05, 4.69) is 16.8 Å². The summed E-state index contributed by atoms with van der Waals surface area (Å²) in [6.45, 7) is 0.947. The Hall–Kier alpha value is -1.19. The van der Waals surface area contributed by atoms with Crippen LogP contribution < -0.4 is 5.32 Å². The highest BCUT2D eigenvalue weighted by atomic mass is 32.1. The van der Waals surface area contributed by atoms with Gasteiger partial charge in [0.15, 0.2) is 0 Å². The molecule has 0 spiro atoms. The first kappa shape index (κ1) is 10.9. The zero-order chi connectivity index (χ0) is 11.7. The Bertz CT molecular complexity index is 499. The Morgan fingerprint density at radius 1 is 1.24 bits per heavy atom. The van der Waals surface area contributed by atoms with Crippen molar-refractivity contribution >= 4 is 11.3 Å². The summed E-state index contributed by atoms with van der Waals surface area (Å²) in [5, 5.41) is 5.67. The van der Waals surface area contributed by atoms with Gasteiger partial charge in [-0.1, -0.05) is 12.1 Å². The molecule has 0 unspecified atom stereocenters. The van der Waals surface area contributed by atoms with Crippen LogP contribution in [0.5, 0.6) is 0 Å². The Balaban J connectivity index is 1.72. The lowest BCUT2D eigenvalue weighted by Crippen LogP contribution is -2.14. The maximum absolute atomic E-state index is 12.8. The Kier molecular flexibility index (Phi) is 2.95. The van der Waals surface area contributed by atoms with Gasteiger partial charge < -0.3 is 5.32 Å². The van der Waals surface area contributed by atoms with Crippen molar-refractivity contribution in [1.29, 1.82) is 0 Å². The Morgan fingerprint density at radius 3 is 2.71 bits per heavy atom. The first-order chi connectivity index (χ1) is 8.31. The molecule has 1 aromatic carbocycles. The quantitative estimate of drug-likeness (QED) is 0.866. The summed E-state index contributed by atoms with van der Waals surface area (Å²) < 4.78 is 12.8. The lowest BCUT2D eigenvalue weighted by atomic mass is 10.1. The van der Waals surface area contributed by atoms with Crippen LogP contribution in [-0.4, -0.2) is 6.04 Å². The maximum Gasteiger partial charge on any atom is 0.123 e. The van der Waals surface area contributed by atoms with Crippen LogP contribution in [0, 0.1) is 5.82 Å². The summed E-state index contributed by atoms with van der Waals surface area (Å²) in [4.78, 5) is 1.21. The third-order valence-corrected chi connectivity index (χ3v) is 3.98. The Morgan fingerprint density at radius 2 is 2.00 bits per heavy atom. The number of benzene rings is 1. The molecule has 1 aliphatic carbocycles. The van der Waals surface area contributed by atoms with Gasteiger partial charge in [-0.3, -0.25) is 0 Å². The average Bonchev–Trinajstić information content (AvgIpc) is 3.06. The lowest BCUT2D eigenvalue weighted by molar-refractivity contribution is 0.628. The van der Waals surface area contributed by atoms with Crippen molar-refractivity contribution in [3.05, 3.63) is 47.1 Å². The van der Waals surface area contributed by atoms with Crippen LogP contribution in [0.2, 0.25) is 0 Å². The molecule has 3 heteroatoms. The summed E-state index contributed by atoms with van der Waals surface area (Å²) in [5.41, 5.74) is 2.41. The van der Waals surface area contributed by atoms with Gasteiger partial charge >= 0.3 is 0 Å². The summed E-state index contributed by atoms with van der Waals surface area (Å²) in [6, 6.07) is 9.62. The van der Waals surface area contributed by atoms with E-state index in [9.17, 15) is 4.39 Å². The van der Waals surface area contributed by atoms with Crippen molar-refractivity contribution in [2.24, 2.45) is 0 Å². The van der Waals surface area contributed by atoms with Crippen LogP contribution in [-0.2, 0) is 6.54 Å². The van der Waals surface area contributed by atoms with Gasteiger partial charge in [0.1, 0.15) is 5.82 Å². The van der Waals surface area contributed by atoms with Gasteiger partial charge in [0, 0.05) is 17.5 Å². The molecule has 0 atom stereocenters. The standard InChI is InChI=1S/C14H14FNS/c15-12-3-1-11(2-4-12)14-7-10(9-17-14)8-16-13-5-6-13/h1-4,7,9,13,16H,5-6,8H2. The van der Waals surface area contributed by atoms with Gasteiger partial charge in [0.25, 0.3) is 0 Å². The third kappa shape index (κ3) is 2.73. The molecule has 1 aromatic heterocycles. The Labute approximate surface area is 104 Å². The molecule has 2 aromatic rings. The van der Waals surface area contributed by atoms with E-state index in [4.69, 9.17) is 0 Å². The first-order valence-corrected chi connectivity index (χ1v) is 6.76. The van der Waals surface area contributed by atoms with Gasteiger partial charge in [-0.2, -0.15) is 0 Å². The summed E-state index contributed by atoms with van der Waals surface area (Å²) >= 11 is 1.72. The fourth-order valence-electron chi connectivity index (χ4n) is 1.78. The number of nitrogens with one attached hydrogen (secondary N) is 1. The lowest BCUT2D eigenvalue weighted by Gasteiger charge is -1.99. The van der Waals surface area contributed by atoms with Gasteiger partial charge in [0.2, 0.25) is 0 Å². The van der Waals surface area contributed by atoms with E-state index in [0.717, 1.165) is 18.2 Å². The largest absolute Gasteiger partial charge is 0.310 e.